The molecule has 3 aromatic rings. The number of hydrogen-bond donors (Lipinski definition) is 1. The van der Waals surface area contributed by atoms with Gasteiger partial charge in [-0.1, -0.05) is 6.07 Å². The molecule has 1 unspecified atom stereocenters. The Morgan fingerprint density at radius 3 is 2.65 bits per heavy atom. The molecular weight excluding hydrogens is 433 g/mol. The molecule has 7 nitrogen and oxygen atoms in total. The Morgan fingerprint density at radius 2 is 2.03 bits per heavy atom. The van der Waals surface area contributed by atoms with E-state index in [2.05, 4.69) is 21.8 Å². The maximum absolute atomic E-state index is 13.4. The molecule has 180 valence electrons. The second-order valence-electron chi connectivity index (χ2n) is 8.61. The summed E-state index contributed by atoms with van der Waals surface area (Å²) in [6, 6.07) is 10.2. The number of amidine groups is 1. The summed E-state index contributed by atoms with van der Waals surface area (Å²) in [5, 5.41) is 17.3. The molecule has 0 aliphatic rings. The van der Waals surface area contributed by atoms with Gasteiger partial charge in [-0.25, -0.2) is 14.4 Å². The summed E-state index contributed by atoms with van der Waals surface area (Å²) in [4.78, 5) is 8.37. The third-order valence-electron chi connectivity index (χ3n) is 5.76. The molecule has 1 atom stereocenters. The Kier molecular flexibility index (Phi) is 7.83. The van der Waals surface area contributed by atoms with Gasteiger partial charge in [0.25, 0.3) is 0 Å². The number of methoxy groups -OCH3 is 1. The highest BCUT2D eigenvalue weighted by atomic mass is 19.1. The zero-order chi connectivity index (χ0) is 24.9. The predicted molar refractivity (Wildman–Crippen MR) is 134 cm³/mol. The number of halogens is 1. The van der Waals surface area contributed by atoms with E-state index in [0.717, 1.165) is 28.1 Å². The molecule has 0 bridgehead atoms. The number of benzene rings is 2. The second-order valence-corrected chi connectivity index (χ2v) is 8.61. The van der Waals surface area contributed by atoms with Crippen LogP contribution in [0.5, 0.6) is 5.75 Å². The number of aryl methyl sites for hydroxylation is 2. The predicted octanol–water partition coefficient (Wildman–Crippen LogP) is 4.62. The normalized spacial score (nSPS) is 13.4. The van der Waals surface area contributed by atoms with Crippen LogP contribution in [0.4, 0.5) is 4.39 Å². The van der Waals surface area contributed by atoms with E-state index in [4.69, 9.17) is 4.74 Å². The minimum atomic E-state index is -1.06. The van der Waals surface area contributed by atoms with Gasteiger partial charge in [-0.3, -0.25) is 5.01 Å². The molecule has 3 rings (SSSR count). The van der Waals surface area contributed by atoms with Crippen molar-refractivity contribution in [2.75, 3.05) is 20.7 Å². The van der Waals surface area contributed by atoms with Gasteiger partial charge in [-0.05, 0) is 81.8 Å². The van der Waals surface area contributed by atoms with Crippen molar-refractivity contribution in [2.45, 2.75) is 39.2 Å². The summed E-state index contributed by atoms with van der Waals surface area (Å²) in [5.41, 5.74) is 2.95. The number of imidazole rings is 1. The SMILES string of the molecule is C=N/C(=N\N(C)CCCC(C)(O)c1ccc(F)cc1C)c1ccc(-n2cnc(C)c2)c(OC)c1. The molecule has 0 radical (unpaired) electrons. The lowest BCUT2D eigenvalue weighted by Gasteiger charge is -2.26. The standard InChI is InChI=1S/C26H32FN5O2/c1-18-14-21(27)9-10-22(18)26(3,33)12-7-13-31(5)30-25(28-4)20-8-11-23(24(15-20)34-6)32-16-19(2)29-17-32/h8-11,14-17,33H,4,7,12-13H2,1-3,5-6H3/b30-25-. The van der Waals surface area contributed by atoms with E-state index in [-0.39, 0.29) is 5.82 Å². The van der Waals surface area contributed by atoms with E-state index in [1.54, 1.807) is 38.4 Å². The Balaban J connectivity index is 1.69. The van der Waals surface area contributed by atoms with Crippen LogP contribution < -0.4 is 4.74 Å². The zero-order valence-electron chi connectivity index (χ0n) is 20.4. The molecule has 2 aromatic carbocycles. The second kappa shape index (κ2) is 10.6. The van der Waals surface area contributed by atoms with Crippen LogP contribution in [0.2, 0.25) is 0 Å². The van der Waals surface area contributed by atoms with Crippen molar-refractivity contribution in [2.24, 2.45) is 10.1 Å². The fourth-order valence-electron chi connectivity index (χ4n) is 3.99. The Hall–Kier alpha value is -3.52. The average Bonchev–Trinajstić information content (AvgIpc) is 3.22. The summed E-state index contributed by atoms with van der Waals surface area (Å²) in [5.74, 6) is 0.829. The van der Waals surface area contributed by atoms with Gasteiger partial charge in [0.2, 0.25) is 0 Å². The van der Waals surface area contributed by atoms with Crippen molar-refractivity contribution in [3.8, 4) is 11.4 Å². The lowest BCUT2D eigenvalue weighted by Crippen LogP contribution is -2.25. The molecule has 1 aromatic heterocycles. The molecular formula is C26H32FN5O2. The highest BCUT2D eigenvalue weighted by Gasteiger charge is 2.24. The van der Waals surface area contributed by atoms with Gasteiger partial charge < -0.3 is 14.4 Å². The minimum Gasteiger partial charge on any atom is -0.495 e. The van der Waals surface area contributed by atoms with E-state index in [1.165, 1.54) is 12.1 Å². The van der Waals surface area contributed by atoms with Gasteiger partial charge >= 0.3 is 0 Å². The third kappa shape index (κ3) is 5.88. The Labute approximate surface area is 200 Å². The van der Waals surface area contributed by atoms with Crippen LogP contribution in [-0.4, -0.2) is 52.9 Å². The van der Waals surface area contributed by atoms with E-state index in [9.17, 15) is 9.50 Å². The summed E-state index contributed by atoms with van der Waals surface area (Å²) < 4.78 is 20.9. The van der Waals surface area contributed by atoms with Gasteiger partial charge in [0.1, 0.15) is 11.6 Å². The van der Waals surface area contributed by atoms with Crippen LogP contribution in [0, 0.1) is 19.7 Å². The molecule has 1 N–H and O–H groups in total. The quantitative estimate of drug-likeness (QED) is 0.284. The fourth-order valence-corrected chi connectivity index (χ4v) is 3.99. The summed E-state index contributed by atoms with van der Waals surface area (Å²) in [6.07, 6.45) is 4.84. The lowest BCUT2D eigenvalue weighted by atomic mass is 9.88. The average molecular weight is 466 g/mol. The van der Waals surface area contributed by atoms with Crippen molar-refractivity contribution >= 4 is 12.6 Å². The first-order valence-electron chi connectivity index (χ1n) is 11.1. The van der Waals surface area contributed by atoms with E-state index >= 15 is 0 Å². The number of aromatic nitrogens is 2. The lowest BCUT2D eigenvalue weighted by molar-refractivity contribution is 0.0425. The number of hydrogen-bond acceptors (Lipinski definition) is 5. The number of rotatable bonds is 9. The van der Waals surface area contributed by atoms with Crippen LogP contribution >= 0.6 is 0 Å². The van der Waals surface area contributed by atoms with Crippen molar-refractivity contribution in [3.05, 3.63) is 77.1 Å². The van der Waals surface area contributed by atoms with Crippen LogP contribution in [0.15, 0.2) is 59.0 Å². The summed E-state index contributed by atoms with van der Waals surface area (Å²) >= 11 is 0. The van der Waals surface area contributed by atoms with E-state index in [0.29, 0.717) is 31.0 Å². The topological polar surface area (TPSA) is 75.2 Å². The molecule has 0 spiro atoms. The number of ether oxygens (including phenoxy) is 1. The van der Waals surface area contributed by atoms with Gasteiger partial charge in [0.15, 0.2) is 5.84 Å². The molecule has 8 heteroatoms. The summed E-state index contributed by atoms with van der Waals surface area (Å²) in [7, 11) is 3.47. The molecule has 1 heterocycles. The Morgan fingerprint density at radius 1 is 1.26 bits per heavy atom. The molecule has 34 heavy (non-hydrogen) atoms. The zero-order valence-corrected chi connectivity index (χ0v) is 20.4. The minimum absolute atomic E-state index is 0.305. The smallest absolute Gasteiger partial charge is 0.178 e. The summed E-state index contributed by atoms with van der Waals surface area (Å²) in [6.45, 7) is 9.76. The largest absolute Gasteiger partial charge is 0.495 e. The van der Waals surface area contributed by atoms with Gasteiger partial charge in [-0.2, -0.15) is 5.10 Å². The number of aliphatic imine (C=N–C) groups is 1. The van der Waals surface area contributed by atoms with Crippen LogP contribution in [-0.2, 0) is 5.60 Å². The van der Waals surface area contributed by atoms with Gasteiger partial charge in [-0.15, -0.1) is 0 Å². The highest BCUT2D eigenvalue weighted by molar-refractivity contribution is 6.01. The maximum atomic E-state index is 13.4. The molecule has 0 amide bonds. The first-order chi connectivity index (χ1) is 16.1. The highest BCUT2D eigenvalue weighted by Crippen LogP contribution is 2.29. The van der Waals surface area contributed by atoms with Crippen LogP contribution in [0.3, 0.4) is 0 Å². The third-order valence-corrected chi connectivity index (χ3v) is 5.76. The van der Waals surface area contributed by atoms with Crippen molar-refractivity contribution < 1.29 is 14.2 Å². The van der Waals surface area contributed by atoms with E-state index in [1.807, 2.05) is 42.9 Å². The van der Waals surface area contributed by atoms with Crippen molar-refractivity contribution in [1.82, 2.24) is 14.6 Å². The maximum Gasteiger partial charge on any atom is 0.178 e. The van der Waals surface area contributed by atoms with E-state index < -0.39 is 5.60 Å². The van der Waals surface area contributed by atoms with Crippen molar-refractivity contribution in [3.63, 3.8) is 0 Å². The number of aliphatic hydroxyl groups is 1. The van der Waals surface area contributed by atoms with Gasteiger partial charge in [0.05, 0.1) is 30.4 Å². The van der Waals surface area contributed by atoms with Crippen LogP contribution in [0.1, 0.15) is 42.1 Å². The molecule has 0 saturated carbocycles. The fraction of sp³-hybridized carbons (Fsp3) is 0.346. The molecule has 0 aliphatic heterocycles. The molecule has 0 aliphatic carbocycles. The monoisotopic (exact) mass is 465 g/mol. The first-order valence-corrected chi connectivity index (χ1v) is 11.1. The molecule has 0 fully saturated rings. The number of nitrogens with zero attached hydrogens (tertiary/aromatic N) is 5. The first kappa shape index (κ1) is 25.1. The van der Waals surface area contributed by atoms with Gasteiger partial charge in [0, 0.05) is 25.4 Å². The van der Waals surface area contributed by atoms with Crippen LogP contribution in [0.25, 0.3) is 5.69 Å². The molecule has 0 saturated heterocycles. The van der Waals surface area contributed by atoms with Crippen molar-refractivity contribution in [1.29, 1.82) is 0 Å². The Bertz CT molecular complexity index is 1190. The number of hydrazone groups is 1.